The predicted octanol–water partition coefficient (Wildman–Crippen LogP) is -1.72. The first kappa shape index (κ1) is 26.9. The van der Waals surface area contributed by atoms with Gasteiger partial charge in [-0.05, 0) is 40.4 Å². The fraction of sp³-hybridized carbons (Fsp3) is 0.148. The zero-order chi connectivity index (χ0) is 30.4. The van der Waals surface area contributed by atoms with Crippen molar-refractivity contribution in [2.75, 3.05) is 7.11 Å². The van der Waals surface area contributed by atoms with Crippen molar-refractivity contribution < 1.29 is 24.9 Å². The molecule has 2 aromatic rings. The SMILES string of the molecule is COc1cc(=O)c2c(=O)c3c(c(=O)c=2c1=O)=C(O)[C@]1(CCc2c1c(O)c1c(=O)[nH]c(C=NNC(N)=O)cc1c2Br)C=3O. The van der Waals surface area contributed by atoms with Gasteiger partial charge in [-0.15, -0.1) is 0 Å². The van der Waals surface area contributed by atoms with E-state index in [0.717, 1.165) is 19.4 Å². The fourth-order valence-corrected chi connectivity index (χ4v) is 6.76. The highest BCUT2D eigenvalue weighted by molar-refractivity contribution is 9.10. The van der Waals surface area contributed by atoms with E-state index in [1.54, 1.807) is 0 Å². The Kier molecular flexibility index (Phi) is 5.66. The number of primary amides is 1. The number of fused-ring (bicyclic) bond motifs is 4. The number of carbonyl (C=O) groups excluding carboxylic acids is 1. The number of nitrogens with zero attached hydrogens (tertiary/aromatic N) is 1. The summed E-state index contributed by atoms with van der Waals surface area (Å²) >= 11 is 3.43. The third-order valence-electron chi connectivity index (χ3n) is 7.76. The Hall–Kier alpha value is -5.31. The van der Waals surface area contributed by atoms with Gasteiger partial charge in [0.2, 0.25) is 16.3 Å². The molecule has 7 N–H and O–H groups in total. The van der Waals surface area contributed by atoms with Crippen molar-refractivity contribution in [3.63, 3.8) is 0 Å². The number of nitrogens with two attached hydrogens (primary N) is 1. The molecule has 0 radical (unpaired) electrons. The molecule has 212 valence electrons. The van der Waals surface area contributed by atoms with Crippen LogP contribution in [-0.4, -0.2) is 39.7 Å². The number of hydrogen-bond donors (Lipinski definition) is 6. The lowest BCUT2D eigenvalue weighted by Gasteiger charge is -2.27. The molecule has 2 amide bonds. The number of halogens is 1. The Bertz CT molecular complexity index is 2460. The number of hydrazone groups is 1. The highest BCUT2D eigenvalue weighted by Crippen LogP contribution is 2.56. The minimum atomic E-state index is -2.04. The zero-order valence-electron chi connectivity index (χ0n) is 21.2. The molecule has 1 aromatic carbocycles. The second-order valence-electron chi connectivity index (χ2n) is 9.76. The number of benzene rings is 1. The number of ether oxygens (including phenoxy) is 1. The number of phenols is 1. The number of carbonyl (C=O) groups is 1. The minimum Gasteiger partial charge on any atom is -0.510 e. The Morgan fingerprint density at radius 3 is 2.31 bits per heavy atom. The van der Waals surface area contributed by atoms with Crippen molar-refractivity contribution in [3.05, 3.63) is 106 Å². The number of aromatic hydroxyl groups is 1. The number of H-pyrrole nitrogens is 1. The molecule has 1 atom stereocenters. The molecule has 6 rings (SSSR count). The lowest BCUT2D eigenvalue weighted by atomic mass is 9.78. The van der Waals surface area contributed by atoms with Crippen LogP contribution in [0.15, 0.2) is 45.7 Å². The molecule has 0 fully saturated rings. The van der Waals surface area contributed by atoms with Gasteiger partial charge >= 0.3 is 6.03 Å². The molecule has 14 nitrogen and oxygen atoms in total. The van der Waals surface area contributed by atoms with Gasteiger partial charge in [-0.2, -0.15) is 5.10 Å². The van der Waals surface area contributed by atoms with E-state index in [1.165, 1.54) is 6.07 Å². The number of aliphatic hydroxyl groups excluding tert-OH is 2. The first-order valence-corrected chi connectivity index (χ1v) is 12.9. The topological polar surface area (TPSA) is 239 Å². The number of nitrogens with one attached hydrogen (secondary N) is 2. The quantitative estimate of drug-likeness (QED) is 0.110. The van der Waals surface area contributed by atoms with Crippen LogP contribution < -0.4 is 53.6 Å². The summed E-state index contributed by atoms with van der Waals surface area (Å²) < 4.78 is 5.17. The first-order valence-electron chi connectivity index (χ1n) is 12.1. The van der Waals surface area contributed by atoms with Crippen LogP contribution in [0.4, 0.5) is 4.79 Å². The molecular formula is C27H17BrN4O10. The van der Waals surface area contributed by atoms with Gasteiger partial charge in [-0.25, -0.2) is 10.2 Å². The van der Waals surface area contributed by atoms with E-state index in [4.69, 9.17) is 10.5 Å². The Balaban J connectivity index is 1.74. The number of phenolic OH excluding ortho intramolecular Hbond substituents is 1. The molecular weight excluding hydrogens is 620 g/mol. The van der Waals surface area contributed by atoms with E-state index in [2.05, 4.69) is 26.0 Å². The van der Waals surface area contributed by atoms with Gasteiger partial charge < -0.3 is 30.8 Å². The van der Waals surface area contributed by atoms with Crippen LogP contribution in [0.25, 0.3) is 22.3 Å². The van der Waals surface area contributed by atoms with Crippen molar-refractivity contribution in [2.45, 2.75) is 18.3 Å². The second-order valence-corrected chi connectivity index (χ2v) is 10.6. The first-order chi connectivity index (χ1) is 19.9. The average molecular weight is 637 g/mol. The van der Waals surface area contributed by atoms with Gasteiger partial charge in [-0.3, -0.25) is 24.0 Å². The lowest BCUT2D eigenvalue weighted by molar-refractivity contribution is 0.249. The van der Waals surface area contributed by atoms with Gasteiger partial charge in [-0.1, -0.05) is 0 Å². The standard InChI is InChI=1S/C27H17BrN4O10/c1-42-11-5-10(33)13-14(19(11)34)21(36)16-15(20(13)35)23(38)27(24(16)39)3-2-8-17(27)22(37)12-9(18(8)28)4-7(31-25(12)40)6-30-32-26(29)41/h4-6,37-39H,2-3H2,1H3,(H,31,40)(H3,29,32,41)/t27-/m0/s1. The van der Waals surface area contributed by atoms with Crippen LogP contribution in [-0.2, 0) is 11.8 Å². The number of aromatic nitrogens is 1. The van der Waals surface area contributed by atoms with Crippen molar-refractivity contribution in [3.8, 4) is 11.5 Å². The molecule has 0 aliphatic heterocycles. The largest absolute Gasteiger partial charge is 0.510 e. The maximum atomic E-state index is 13.6. The van der Waals surface area contributed by atoms with Crippen LogP contribution in [0.5, 0.6) is 11.5 Å². The van der Waals surface area contributed by atoms with Crippen molar-refractivity contribution in [1.29, 1.82) is 0 Å². The molecule has 42 heavy (non-hydrogen) atoms. The summed E-state index contributed by atoms with van der Waals surface area (Å²) in [6.45, 7) is 0. The van der Waals surface area contributed by atoms with Gasteiger partial charge in [0, 0.05) is 21.5 Å². The summed E-state index contributed by atoms with van der Waals surface area (Å²) in [4.78, 5) is 79.3. The van der Waals surface area contributed by atoms with Gasteiger partial charge in [0.25, 0.3) is 5.56 Å². The smallest absolute Gasteiger partial charge is 0.332 e. The van der Waals surface area contributed by atoms with E-state index in [-0.39, 0.29) is 34.9 Å². The number of hydrogen-bond acceptors (Lipinski definition) is 11. The molecule has 0 saturated carbocycles. The molecule has 1 heterocycles. The molecule has 0 unspecified atom stereocenters. The summed E-state index contributed by atoms with van der Waals surface area (Å²) in [5.74, 6) is -2.74. The zero-order valence-corrected chi connectivity index (χ0v) is 22.8. The van der Waals surface area contributed by atoms with Crippen LogP contribution in [0.2, 0.25) is 0 Å². The maximum Gasteiger partial charge on any atom is 0.332 e. The summed E-state index contributed by atoms with van der Waals surface area (Å²) in [5.41, 5.74) is 0.0922. The van der Waals surface area contributed by atoms with Crippen LogP contribution in [0.1, 0.15) is 23.2 Å². The Morgan fingerprint density at radius 1 is 1.05 bits per heavy atom. The number of methoxy groups -OCH3 is 1. The number of urea groups is 1. The maximum absolute atomic E-state index is 13.6. The Labute approximate surface area is 238 Å². The number of aliphatic hydroxyl groups is 2. The highest BCUT2D eigenvalue weighted by atomic mass is 79.9. The summed E-state index contributed by atoms with van der Waals surface area (Å²) in [5, 5.41) is 35.2. The highest BCUT2D eigenvalue weighted by Gasteiger charge is 2.53. The monoisotopic (exact) mass is 636 g/mol. The number of amides is 2. The predicted molar refractivity (Wildman–Crippen MR) is 151 cm³/mol. The van der Waals surface area contributed by atoms with E-state index in [0.29, 0.717) is 10.0 Å². The summed E-state index contributed by atoms with van der Waals surface area (Å²) in [7, 11) is 1.10. The molecule has 0 saturated heterocycles. The van der Waals surface area contributed by atoms with E-state index >= 15 is 0 Å². The third-order valence-corrected chi connectivity index (χ3v) is 8.66. The number of rotatable bonds is 3. The summed E-state index contributed by atoms with van der Waals surface area (Å²) in [6, 6.07) is 1.26. The van der Waals surface area contributed by atoms with Gasteiger partial charge in [0.1, 0.15) is 22.7 Å². The fourth-order valence-electron chi connectivity index (χ4n) is 6.05. The van der Waals surface area contributed by atoms with E-state index < -0.39 is 82.6 Å². The molecule has 4 aliphatic carbocycles. The van der Waals surface area contributed by atoms with Gasteiger partial charge in [0.05, 0.1) is 45.3 Å². The molecule has 1 spiro atoms. The second kappa shape index (κ2) is 8.84. The van der Waals surface area contributed by atoms with Crippen LogP contribution in [0.3, 0.4) is 0 Å². The summed E-state index contributed by atoms with van der Waals surface area (Å²) in [6.07, 6.45) is 1.03. The van der Waals surface area contributed by atoms with Crippen LogP contribution in [0, 0.1) is 10.4 Å². The van der Waals surface area contributed by atoms with Crippen LogP contribution >= 0.6 is 15.9 Å². The molecule has 1 aromatic heterocycles. The van der Waals surface area contributed by atoms with Gasteiger partial charge in [0.15, 0.2) is 11.2 Å². The average Bonchev–Trinajstić information content (AvgIpc) is 3.44. The number of aromatic amines is 1. The third kappa shape index (κ3) is 3.21. The molecule has 4 aliphatic rings. The number of pyridine rings is 1. The van der Waals surface area contributed by atoms with E-state index in [1.807, 2.05) is 5.43 Å². The van der Waals surface area contributed by atoms with Crippen molar-refractivity contribution >= 4 is 50.5 Å². The normalized spacial score (nSPS) is 17.5. The van der Waals surface area contributed by atoms with Crippen molar-refractivity contribution in [1.82, 2.24) is 10.4 Å². The Morgan fingerprint density at radius 2 is 1.69 bits per heavy atom. The molecule has 15 heteroatoms. The lowest BCUT2D eigenvalue weighted by Crippen LogP contribution is -2.51. The minimum absolute atomic E-state index is 0.0797. The van der Waals surface area contributed by atoms with E-state index in [9.17, 15) is 44.1 Å². The van der Waals surface area contributed by atoms with Crippen molar-refractivity contribution in [2.24, 2.45) is 10.8 Å². The molecule has 0 bridgehead atoms.